The monoisotopic (exact) mass is 2390 g/mol. The average Bonchev–Trinajstić information content (AvgIpc) is 0.805. The molecule has 4 radical (unpaired) electrons. The summed E-state index contributed by atoms with van der Waals surface area (Å²) < 4.78 is 22.4. The second kappa shape index (κ2) is 54.2. The zero-order chi connectivity index (χ0) is 88.6. The standard InChI is InChI=1S/2C17H12N.C16H13N4.C16H12N3.2C12H10N.2C11H8N.4Ir/c2*1-3-7-14(8-4-1)16-11-12-17(18-13-16)15-9-5-2-6-10-15;1-11-18-12(2)20-16(19-11)14-8-9-17-15(10-14)13-6-4-3-5-7-13;1-12-18-10-15(11-19-12)14-7-8-17-16(9-14)13-5-3-2-4-6-13;2*1-10-7-8-12(13-9-10)11-5-3-2-4-6-11;2*1-2-6-10(7-3-1)11-8-4-5-9-12-11;;;;/h2*1-9,11-13H;3-6,8-10H,1-2H3;2-5,7-11H,1H3;2*2-5,7-9H,1H3;2*1-6,8-9H;;;;/q8*-1;;;;/i;;1D3;;;;;;;;;. The Morgan fingerprint density at radius 1 is 0.194 bits per heavy atom. The van der Waals surface area contributed by atoms with Gasteiger partial charge in [0.2, 0.25) is 0 Å². The Hall–Kier alpha value is -13.9. The third kappa shape index (κ3) is 31.9. The number of aromatic nitrogens is 13. The van der Waals surface area contributed by atoms with Crippen LogP contribution in [0, 0.1) is 83.1 Å². The van der Waals surface area contributed by atoms with Crippen LogP contribution >= 0.6 is 0 Å². The number of pyridine rings is 8. The molecule has 0 amide bonds. The van der Waals surface area contributed by atoms with E-state index in [0.29, 0.717) is 17.2 Å². The molecule has 17 heteroatoms. The Kier molecular flexibility index (Phi) is 39.6. The SMILES string of the molecule is Cc1ccc(-c2[c-]cccc2)nc1.Cc1ccc(-c2[c-]cccc2)nc1.Cc1ncc(-c2ccnc(-c3[c-]cccc3)c2)cn1.[2H]C([2H])([2H])c1nc(C)nc(-c2ccnc(-c3[c-]cccc3)c2)n1.[Ir].[Ir].[Ir].[Ir].[c-]1ccccc1-c1ccc(-c2ccccc2)cn1.[c-]1ccccc1-c1ccc(-c2ccccc2)cn1.[c-]1ccccc1-c1ccccn1.[c-]1ccccc1-c1ccccn1. The molecule has 13 nitrogen and oxygen atoms in total. The van der Waals surface area contributed by atoms with Gasteiger partial charge in [0.15, 0.2) is 5.82 Å². The van der Waals surface area contributed by atoms with E-state index in [4.69, 9.17) is 4.11 Å². The summed E-state index contributed by atoms with van der Waals surface area (Å²) in [5.74, 6) is 1.26. The molecule has 0 aliphatic heterocycles. The van der Waals surface area contributed by atoms with Crippen LogP contribution in [-0.4, -0.2) is 64.8 Å². The molecule has 20 aromatic rings. The maximum atomic E-state index is 7.47. The van der Waals surface area contributed by atoms with Gasteiger partial charge in [-0.15, -0.1) is 287 Å². The zero-order valence-corrected chi connectivity index (χ0v) is 80.1. The van der Waals surface area contributed by atoms with Crippen LogP contribution in [-0.2, 0) is 80.4 Å². The van der Waals surface area contributed by atoms with Crippen molar-refractivity contribution in [2.45, 2.75) is 34.5 Å². The summed E-state index contributed by atoms with van der Waals surface area (Å²) in [5, 5.41) is 0. The normalized spacial score (nSPS) is 10.2. The first-order valence-electron chi connectivity index (χ1n) is 41.7. The van der Waals surface area contributed by atoms with E-state index in [-0.39, 0.29) is 86.2 Å². The number of benzene rings is 10. The van der Waals surface area contributed by atoms with Gasteiger partial charge in [-0.1, -0.05) is 146 Å². The van der Waals surface area contributed by atoms with Gasteiger partial charge in [-0.25, -0.2) is 24.9 Å². The third-order valence-electron chi connectivity index (χ3n) is 18.4. The smallest absolute Gasteiger partial charge is 0.162 e. The first-order chi connectivity index (χ1) is 62.8. The number of rotatable bonds is 12. The molecule has 0 saturated carbocycles. The van der Waals surface area contributed by atoms with Crippen LogP contribution < -0.4 is 0 Å². The van der Waals surface area contributed by atoms with E-state index < -0.39 is 6.85 Å². The van der Waals surface area contributed by atoms with E-state index in [0.717, 1.165) is 118 Å². The third-order valence-corrected chi connectivity index (χ3v) is 18.4. The van der Waals surface area contributed by atoms with Crippen LogP contribution in [0.4, 0.5) is 0 Å². The number of hydrogen-bond acceptors (Lipinski definition) is 13. The molecule has 0 aliphatic carbocycles. The van der Waals surface area contributed by atoms with Crippen molar-refractivity contribution in [1.82, 2.24) is 64.8 Å². The molecule has 0 unspecified atom stereocenters. The van der Waals surface area contributed by atoms with Crippen molar-refractivity contribution in [3.8, 4) is 135 Å². The molecule has 10 aromatic heterocycles. The molecule has 10 aromatic carbocycles. The maximum Gasteiger partial charge on any atom is 0.162 e. The molecule has 0 spiro atoms. The first-order valence-corrected chi connectivity index (χ1v) is 40.2. The first kappa shape index (κ1) is 94.2. The van der Waals surface area contributed by atoms with E-state index in [9.17, 15) is 0 Å². The summed E-state index contributed by atoms with van der Waals surface area (Å²) >= 11 is 0. The van der Waals surface area contributed by atoms with Gasteiger partial charge in [-0.2, -0.15) is 0 Å². The largest absolute Gasteiger partial charge is 0.305 e. The van der Waals surface area contributed by atoms with Crippen LogP contribution in [0.2, 0.25) is 0 Å². The summed E-state index contributed by atoms with van der Waals surface area (Å²) in [6.07, 6.45) is 18.2. The van der Waals surface area contributed by atoms with E-state index in [1.165, 1.54) is 22.3 Å². The van der Waals surface area contributed by atoms with Crippen molar-refractivity contribution in [3.63, 3.8) is 0 Å². The molecule has 0 fully saturated rings. The minimum absolute atomic E-state index is 0. The predicted molar refractivity (Wildman–Crippen MR) is 502 cm³/mol. The van der Waals surface area contributed by atoms with Crippen molar-refractivity contribution >= 4 is 0 Å². The van der Waals surface area contributed by atoms with Crippen molar-refractivity contribution in [1.29, 1.82) is 0 Å². The minimum Gasteiger partial charge on any atom is -0.305 e. The molecule has 0 bridgehead atoms. The quantitative estimate of drug-likeness (QED) is 0.106. The number of aryl methyl sites for hydroxylation is 5. The van der Waals surface area contributed by atoms with Crippen LogP contribution in [0.3, 0.4) is 0 Å². The van der Waals surface area contributed by atoms with Crippen molar-refractivity contribution < 1.29 is 84.5 Å². The van der Waals surface area contributed by atoms with Gasteiger partial charge in [0, 0.05) is 158 Å². The second-order valence-corrected chi connectivity index (χ2v) is 27.6. The Morgan fingerprint density at radius 3 is 0.783 bits per heavy atom. The molecule has 10 heterocycles. The zero-order valence-electron chi connectivity index (χ0n) is 73.6. The molecule has 0 aliphatic rings. The van der Waals surface area contributed by atoms with Crippen molar-refractivity contribution in [2.75, 3.05) is 0 Å². The fraction of sp³-hybridized carbons (Fsp3) is 0.0446. The molecule has 129 heavy (non-hydrogen) atoms. The molecular weight excluding hydrogens is 2300 g/mol. The molecule has 0 saturated heterocycles. The van der Waals surface area contributed by atoms with Gasteiger partial charge in [-0.3, -0.25) is 0 Å². The topological polar surface area (TPSA) is 168 Å². The van der Waals surface area contributed by atoms with Gasteiger partial charge >= 0.3 is 0 Å². The van der Waals surface area contributed by atoms with Crippen molar-refractivity contribution in [3.05, 3.63) is 503 Å². The number of nitrogens with zero attached hydrogens (tertiary/aromatic N) is 13. The van der Waals surface area contributed by atoms with Crippen LogP contribution in [0.5, 0.6) is 0 Å². The molecular formula is C112H85Ir4N13-8. The van der Waals surface area contributed by atoms with Crippen LogP contribution in [0.15, 0.2) is 426 Å². The summed E-state index contributed by atoms with van der Waals surface area (Å²) in [7, 11) is 0. The van der Waals surface area contributed by atoms with Gasteiger partial charge in [0.25, 0.3) is 0 Å². The van der Waals surface area contributed by atoms with E-state index >= 15 is 0 Å². The van der Waals surface area contributed by atoms with Gasteiger partial charge < -0.3 is 39.9 Å². The summed E-state index contributed by atoms with van der Waals surface area (Å²) in [5.41, 5.74) is 25.2. The van der Waals surface area contributed by atoms with Gasteiger partial charge in [-0.05, 0) is 143 Å². The minimum atomic E-state index is -2.37. The molecule has 0 N–H and O–H groups in total. The molecule has 642 valence electrons. The van der Waals surface area contributed by atoms with E-state index in [1.54, 1.807) is 37.8 Å². The fourth-order valence-electron chi connectivity index (χ4n) is 12.1. The van der Waals surface area contributed by atoms with Crippen LogP contribution in [0.1, 0.15) is 32.7 Å². The maximum absolute atomic E-state index is 7.47. The molecule has 0 atom stereocenters. The summed E-state index contributed by atoms with van der Waals surface area (Å²) in [6.45, 7) is 5.22. The predicted octanol–water partition coefficient (Wildman–Crippen LogP) is 25.6. The summed E-state index contributed by atoms with van der Waals surface area (Å²) in [4.78, 5) is 55.4. The van der Waals surface area contributed by atoms with E-state index in [2.05, 4.69) is 162 Å². The van der Waals surface area contributed by atoms with Gasteiger partial charge in [0.1, 0.15) is 17.5 Å². The Balaban J connectivity index is 0.000000171. The number of hydrogen-bond donors (Lipinski definition) is 0. The Bertz CT molecular complexity index is 6150. The summed E-state index contributed by atoms with van der Waals surface area (Å²) in [6, 6.07) is 144. The van der Waals surface area contributed by atoms with E-state index in [1.807, 2.05) is 367 Å². The van der Waals surface area contributed by atoms with Gasteiger partial charge in [0.05, 0.1) is 0 Å². The Morgan fingerprint density at radius 2 is 0.481 bits per heavy atom. The fourth-order valence-corrected chi connectivity index (χ4v) is 12.1. The molecule has 20 rings (SSSR count). The van der Waals surface area contributed by atoms with Crippen LogP contribution in [0.25, 0.3) is 135 Å². The Labute approximate surface area is 814 Å². The van der Waals surface area contributed by atoms with Crippen molar-refractivity contribution in [2.24, 2.45) is 0 Å². The second-order valence-electron chi connectivity index (χ2n) is 27.6. The average molecular weight is 2380 g/mol.